The van der Waals surface area contributed by atoms with Crippen LogP contribution < -0.4 is 5.73 Å². The molecule has 2 heterocycles. The summed E-state index contributed by atoms with van der Waals surface area (Å²) in [5.41, 5.74) is 9.32. The third kappa shape index (κ3) is 2.74. The molecule has 0 aliphatic heterocycles. The Morgan fingerprint density at radius 3 is 2.60 bits per heavy atom. The van der Waals surface area contributed by atoms with Crippen LogP contribution in [0.15, 0.2) is 28.7 Å². The molecule has 0 saturated heterocycles. The molecule has 0 radical (unpaired) electrons. The fourth-order valence-electron chi connectivity index (χ4n) is 2.93. The maximum absolute atomic E-state index is 14.5. The summed E-state index contributed by atoms with van der Waals surface area (Å²) in [5.74, 6) is -0.880. The molecule has 0 aliphatic carbocycles. The number of hydrogen-bond acceptors (Lipinski definition) is 5. The van der Waals surface area contributed by atoms with Crippen LogP contribution in [0.4, 0.5) is 4.39 Å². The predicted molar refractivity (Wildman–Crippen MR) is 95.6 cm³/mol. The molecule has 0 bridgehead atoms. The van der Waals surface area contributed by atoms with Crippen molar-refractivity contribution in [2.75, 3.05) is 0 Å². The Balaban J connectivity index is 2.41. The number of thiophene rings is 1. The number of halogens is 1. The Hall–Kier alpha value is -2.87. The summed E-state index contributed by atoms with van der Waals surface area (Å²) >= 11 is 1.56. The number of nitrogens with zero attached hydrogens (tertiary/aromatic N) is 3. The van der Waals surface area contributed by atoms with Crippen molar-refractivity contribution in [1.82, 2.24) is 9.78 Å². The highest BCUT2D eigenvalue weighted by molar-refractivity contribution is 7.10. The normalized spacial score (nSPS) is 11.9. The van der Waals surface area contributed by atoms with Crippen molar-refractivity contribution in [3.63, 3.8) is 0 Å². The second-order valence-corrected chi connectivity index (χ2v) is 6.78. The number of phenolic OH excluding ortho intramolecular Hbond substituents is 1. The van der Waals surface area contributed by atoms with E-state index in [4.69, 9.17) is 10.9 Å². The molecule has 25 heavy (non-hydrogen) atoms. The predicted octanol–water partition coefficient (Wildman–Crippen LogP) is 3.37. The number of hydrogen-bond donors (Lipinski definition) is 3. The van der Waals surface area contributed by atoms with E-state index >= 15 is 0 Å². The van der Waals surface area contributed by atoms with Crippen LogP contribution in [0.1, 0.15) is 16.1 Å². The molecule has 0 atom stereocenters. The quantitative estimate of drug-likeness (QED) is 0.289. The Morgan fingerprint density at radius 2 is 2.04 bits per heavy atom. The number of aromatic hydroxyl groups is 1. The zero-order chi connectivity index (χ0) is 18.3. The molecule has 1 aromatic carbocycles. The van der Waals surface area contributed by atoms with Crippen LogP contribution in [0.3, 0.4) is 0 Å². The van der Waals surface area contributed by atoms with Gasteiger partial charge in [0.1, 0.15) is 23.0 Å². The maximum Gasteiger partial charge on any atom is 0.189 e. The van der Waals surface area contributed by atoms with Gasteiger partial charge in [-0.05, 0) is 36.9 Å². The van der Waals surface area contributed by atoms with Gasteiger partial charge in [-0.3, -0.25) is 4.68 Å². The van der Waals surface area contributed by atoms with Gasteiger partial charge in [0.2, 0.25) is 0 Å². The number of phenols is 1. The Bertz CT molecular complexity index is 971. The Morgan fingerprint density at radius 1 is 1.32 bits per heavy atom. The van der Waals surface area contributed by atoms with Crippen LogP contribution >= 0.6 is 11.3 Å². The summed E-state index contributed by atoms with van der Waals surface area (Å²) in [6.45, 7) is 3.89. The molecule has 3 rings (SSSR count). The van der Waals surface area contributed by atoms with Crippen molar-refractivity contribution < 1.29 is 14.7 Å². The van der Waals surface area contributed by atoms with Crippen LogP contribution in [-0.4, -0.2) is 25.9 Å². The largest absolute Gasteiger partial charge is 0.508 e. The summed E-state index contributed by atoms with van der Waals surface area (Å²) in [4.78, 5) is 1.01. The second kappa shape index (κ2) is 6.21. The topological polar surface area (TPSA) is 96.7 Å². The van der Waals surface area contributed by atoms with Gasteiger partial charge < -0.3 is 16.0 Å². The van der Waals surface area contributed by atoms with Crippen LogP contribution in [0.2, 0.25) is 0 Å². The van der Waals surface area contributed by atoms with Crippen molar-refractivity contribution in [3.8, 4) is 28.1 Å². The lowest BCUT2D eigenvalue weighted by molar-refractivity contribution is 0.318. The average molecular weight is 360 g/mol. The summed E-state index contributed by atoms with van der Waals surface area (Å²) < 4.78 is 15.9. The zero-order valence-corrected chi connectivity index (χ0v) is 14.7. The lowest BCUT2D eigenvalue weighted by atomic mass is 9.96. The van der Waals surface area contributed by atoms with Crippen molar-refractivity contribution in [3.05, 3.63) is 45.5 Å². The molecule has 0 spiro atoms. The van der Waals surface area contributed by atoms with Gasteiger partial charge in [0.05, 0.1) is 0 Å². The van der Waals surface area contributed by atoms with Gasteiger partial charge in [-0.25, -0.2) is 4.39 Å². The SMILES string of the molecule is Cc1csc(C)c1-c1c(-c2ccc(O)cc2F)nn(C)c1C(N)=NO. The summed E-state index contributed by atoms with van der Waals surface area (Å²) in [6.07, 6.45) is 0. The van der Waals surface area contributed by atoms with E-state index in [9.17, 15) is 9.50 Å². The van der Waals surface area contributed by atoms with E-state index in [1.807, 2.05) is 19.2 Å². The number of benzene rings is 1. The minimum Gasteiger partial charge on any atom is -0.508 e. The number of aromatic nitrogens is 2. The highest BCUT2D eigenvalue weighted by atomic mass is 32.1. The van der Waals surface area contributed by atoms with Crippen molar-refractivity contribution >= 4 is 17.2 Å². The number of aryl methyl sites for hydroxylation is 3. The monoisotopic (exact) mass is 360 g/mol. The highest BCUT2D eigenvalue weighted by Gasteiger charge is 2.26. The van der Waals surface area contributed by atoms with E-state index in [2.05, 4.69) is 10.3 Å². The molecule has 0 aliphatic rings. The lowest BCUT2D eigenvalue weighted by Gasteiger charge is -2.09. The Labute approximate surface area is 147 Å². The first-order valence-electron chi connectivity index (χ1n) is 7.44. The summed E-state index contributed by atoms with van der Waals surface area (Å²) in [6, 6.07) is 3.89. The molecule has 4 N–H and O–H groups in total. The van der Waals surface area contributed by atoms with E-state index in [1.165, 1.54) is 16.8 Å². The molecule has 3 aromatic rings. The molecule has 0 saturated carbocycles. The first-order valence-corrected chi connectivity index (χ1v) is 8.32. The van der Waals surface area contributed by atoms with Gasteiger partial charge >= 0.3 is 0 Å². The standard InChI is InChI=1S/C17H17FN4O2S/c1-8-7-25-9(2)13(8)14-15(11-5-4-10(23)6-12(11)18)20-22(3)16(14)17(19)21-24/h4-7,23-24H,1-3H3,(H2,19,21). The molecule has 2 aromatic heterocycles. The van der Waals surface area contributed by atoms with Crippen molar-refractivity contribution in [2.24, 2.45) is 17.9 Å². The van der Waals surface area contributed by atoms with Gasteiger partial charge in [0.25, 0.3) is 0 Å². The molecule has 0 amide bonds. The van der Waals surface area contributed by atoms with Crippen LogP contribution in [0.25, 0.3) is 22.4 Å². The number of oxime groups is 1. The van der Waals surface area contributed by atoms with E-state index in [0.717, 1.165) is 22.1 Å². The van der Waals surface area contributed by atoms with Crippen LogP contribution in [0, 0.1) is 19.7 Å². The third-order valence-corrected chi connectivity index (χ3v) is 5.04. The van der Waals surface area contributed by atoms with E-state index in [0.29, 0.717) is 17.0 Å². The van der Waals surface area contributed by atoms with E-state index in [-0.39, 0.29) is 17.1 Å². The van der Waals surface area contributed by atoms with Gasteiger partial charge in [0.15, 0.2) is 5.84 Å². The number of nitrogens with two attached hydrogens (primary N) is 1. The van der Waals surface area contributed by atoms with Gasteiger partial charge in [-0.1, -0.05) is 5.16 Å². The fraction of sp³-hybridized carbons (Fsp3) is 0.176. The third-order valence-electron chi connectivity index (χ3n) is 4.01. The van der Waals surface area contributed by atoms with Crippen LogP contribution in [-0.2, 0) is 7.05 Å². The van der Waals surface area contributed by atoms with E-state index in [1.54, 1.807) is 18.4 Å². The van der Waals surface area contributed by atoms with Crippen molar-refractivity contribution in [1.29, 1.82) is 0 Å². The molecular formula is C17H17FN4O2S. The minimum atomic E-state index is -0.601. The van der Waals surface area contributed by atoms with E-state index < -0.39 is 5.82 Å². The smallest absolute Gasteiger partial charge is 0.189 e. The first kappa shape index (κ1) is 17.0. The molecule has 0 unspecified atom stereocenters. The minimum absolute atomic E-state index is 0.111. The molecule has 130 valence electrons. The summed E-state index contributed by atoms with van der Waals surface area (Å²) in [5, 5.41) is 28.1. The maximum atomic E-state index is 14.5. The fourth-order valence-corrected chi connectivity index (χ4v) is 3.78. The summed E-state index contributed by atoms with van der Waals surface area (Å²) in [7, 11) is 1.65. The Kier molecular flexibility index (Phi) is 4.22. The van der Waals surface area contributed by atoms with Crippen molar-refractivity contribution in [2.45, 2.75) is 13.8 Å². The number of amidine groups is 1. The number of rotatable bonds is 3. The van der Waals surface area contributed by atoms with Gasteiger partial charge in [0, 0.05) is 34.7 Å². The van der Waals surface area contributed by atoms with Gasteiger partial charge in [-0.15, -0.1) is 11.3 Å². The molecule has 8 heteroatoms. The molecular weight excluding hydrogens is 343 g/mol. The second-order valence-electron chi connectivity index (χ2n) is 5.70. The lowest BCUT2D eigenvalue weighted by Crippen LogP contribution is -2.18. The highest BCUT2D eigenvalue weighted by Crippen LogP contribution is 2.41. The average Bonchev–Trinajstić information content (AvgIpc) is 3.06. The van der Waals surface area contributed by atoms with Gasteiger partial charge in [-0.2, -0.15) is 5.10 Å². The first-order chi connectivity index (χ1) is 11.8. The zero-order valence-electron chi connectivity index (χ0n) is 13.9. The van der Waals surface area contributed by atoms with Crippen LogP contribution in [0.5, 0.6) is 5.75 Å². The molecule has 0 fully saturated rings. The molecule has 6 nitrogen and oxygen atoms in total.